The smallest absolute Gasteiger partial charge is 0.123 e. The molecule has 0 radical (unpaired) electrons. The number of rotatable bonds is 4. The molecule has 0 aliphatic heterocycles. The predicted molar refractivity (Wildman–Crippen MR) is 69.6 cm³/mol. The highest BCUT2D eigenvalue weighted by Crippen LogP contribution is 2.35. The Kier molecular flexibility index (Phi) is 3.43. The van der Waals surface area contributed by atoms with Crippen LogP contribution in [0.1, 0.15) is 44.2 Å². The molecule has 0 heterocycles. The Morgan fingerprint density at radius 3 is 2.59 bits per heavy atom. The van der Waals surface area contributed by atoms with Crippen LogP contribution in [0.5, 0.6) is 5.75 Å². The highest BCUT2D eigenvalue weighted by atomic mass is 16.5. The molecule has 0 spiro atoms. The minimum Gasteiger partial charge on any atom is -0.490 e. The maximum atomic E-state index is 9.51. The third-order valence-electron chi connectivity index (χ3n) is 3.61. The van der Waals surface area contributed by atoms with Gasteiger partial charge < -0.3 is 9.84 Å². The van der Waals surface area contributed by atoms with Crippen molar-refractivity contribution in [1.29, 1.82) is 0 Å². The first kappa shape index (κ1) is 12.4. The second-order valence-corrected chi connectivity index (χ2v) is 5.71. The van der Waals surface area contributed by atoms with Gasteiger partial charge in [0.05, 0.1) is 12.7 Å². The zero-order valence-electron chi connectivity index (χ0n) is 11.0. The highest BCUT2D eigenvalue weighted by molar-refractivity contribution is 5.42. The van der Waals surface area contributed by atoms with Crippen LogP contribution in [0.15, 0.2) is 18.2 Å². The fourth-order valence-corrected chi connectivity index (χ4v) is 2.03. The molecule has 0 saturated heterocycles. The van der Waals surface area contributed by atoms with Crippen molar-refractivity contribution in [2.75, 3.05) is 6.61 Å². The van der Waals surface area contributed by atoms with Gasteiger partial charge in [0, 0.05) is 11.0 Å². The van der Waals surface area contributed by atoms with Gasteiger partial charge in [0.1, 0.15) is 5.75 Å². The fraction of sp³-hybridized carbons (Fsp3) is 0.600. The van der Waals surface area contributed by atoms with E-state index < -0.39 is 0 Å². The van der Waals surface area contributed by atoms with E-state index in [-0.39, 0.29) is 12.0 Å². The molecule has 1 aliphatic carbocycles. The Bertz CT molecular complexity index is 392. The van der Waals surface area contributed by atoms with Crippen LogP contribution in [-0.2, 0) is 5.41 Å². The van der Waals surface area contributed by atoms with Gasteiger partial charge in [0.25, 0.3) is 0 Å². The van der Waals surface area contributed by atoms with E-state index in [9.17, 15) is 5.11 Å². The summed E-state index contributed by atoms with van der Waals surface area (Å²) in [4.78, 5) is 0. The van der Waals surface area contributed by atoms with Gasteiger partial charge in [-0.05, 0) is 32.3 Å². The average molecular weight is 234 g/mol. The van der Waals surface area contributed by atoms with Crippen LogP contribution >= 0.6 is 0 Å². The van der Waals surface area contributed by atoms with E-state index in [1.54, 1.807) is 0 Å². The molecule has 1 aromatic rings. The molecular weight excluding hydrogens is 212 g/mol. The molecule has 0 aromatic heterocycles. The Balaban J connectivity index is 2.29. The monoisotopic (exact) mass is 234 g/mol. The van der Waals surface area contributed by atoms with E-state index in [2.05, 4.69) is 32.9 Å². The molecule has 2 heteroatoms. The summed E-state index contributed by atoms with van der Waals surface area (Å²) >= 11 is 0. The average Bonchev–Trinajstić information content (AvgIpc) is 2.25. The van der Waals surface area contributed by atoms with Crippen molar-refractivity contribution in [2.24, 2.45) is 0 Å². The second kappa shape index (κ2) is 4.69. The van der Waals surface area contributed by atoms with Gasteiger partial charge in [-0.3, -0.25) is 0 Å². The Morgan fingerprint density at radius 1 is 1.35 bits per heavy atom. The maximum absolute atomic E-state index is 9.51. The molecule has 1 aliphatic rings. The normalized spacial score (nSPS) is 16.7. The van der Waals surface area contributed by atoms with Crippen LogP contribution in [0, 0.1) is 6.92 Å². The molecule has 2 nitrogen and oxygen atoms in total. The third-order valence-corrected chi connectivity index (χ3v) is 3.61. The number of hydrogen-bond acceptors (Lipinski definition) is 2. The summed E-state index contributed by atoms with van der Waals surface area (Å²) in [7, 11) is 0. The Labute approximate surface area is 104 Å². The van der Waals surface area contributed by atoms with Crippen LogP contribution < -0.4 is 4.74 Å². The summed E-state index contributed by atoms with van der Waals surface area (Å²) < 4.78 is 6.01. The van der Waals surface area contributed by atoms with Gasteiger partial charge >= 0.3 is 0 Å². The van der Waals surface area contributed by atoms with E-state index >= 15 is 0 Å². The van der Waals surface area contributed by atoms with Gasteiger partial charge in [-0.25, -0.2) is 0 Å². The van der Waals surface area contributed by atoms with Crippen molar-refractivity contribution in [1.82, 2.24) is 0 Å². The summed E-state index contributed by atoms with van der Waals surface area (Å²) in [6, 6.07) is 6.25. The molecule has 1 N–H and O–H groups in total. The van der Waals surface area contributed by atoms with Gasteiger partial charge in [-0.2, -0.15) is 0 Å². The molecule has 94 valence electrons. The van der Waals surface area contributed by atoms with Crippen LogP contribution in [0.3, 0.4) is 0 Å². The zero-order chi connectivity index (χ0) is 12.5. The van der Waals surface area contributed by atoms with Crippen molar-refractivity contribution < 1.29 is 9.84 Å². The van der Waals surface area contributed by atoms with Crippen LogP contribution in [-0.4, -0.2) is 17.8 Å². The molecular formula is C15H22O2. The van der Waals surface area contributed by atoms with Crippen molar-refractivity contribution in [3.8, 4) is 5.75 Å². The molecule has 0 bridgehead atoms. The zero-order valence-corrected chi connectivity index (χ0v) is 11.0. The lowest BCUT2D eigenvalue weighted by Crippen LogP contribution is -2.28. The summed E-state index contributed by atoms with van der Waals surface area (Å²) in [5, 5.41) is 9.51. The summed E-state index contributed by atoms with van der Waals surface area (Å²) in [5.41, 5.74) is 2.08. The molecule has 17 heavy (non-hydrogen) atoms. The van der Waals surface area contributed by atoms with E-state index in [1.807, 2.05) is 6.07 Å². The molecule has 0 atom stereocenters. The SMILES string of the molecule is Cc1ccc(OC2CCC2)c(C(C)(C)CO)c1. The number of hydrogen-bond donors (Lipinski definition) is 1. The van der Waals surface area contributed by atoms with Crippen molar-refractivity contribution in [3.63, 3.8) is 0 Å². The molecule has 1 aromatic carbocycles. The van der Waals surface area contributed by atoms with Crippen LogP contribution in [0.25, 0.3) is 0 Å². The van der Waals surface area contributed by atoms with Gasteiger partial charge in [0.15, 0.2) is 0 Å². The van der Waals surface area contributed by atoms with Crippen LogP contribution in [0.4, 0.5) is 0 Å². The number of aliphatic hydroxyl groups is 1. The quantitative estimate of drug-likeness (QED) is 0.867. The van der Waals surface area contributed by atoms with Crippen molar-refractivity contribution in [3.05, 3.63) is 29.3 Å². The van der Waals surface area contributed by atoms with Gasteiger partial charge in [-0.15, -0.1) is 0 Å². The molecule has 1 fully saturated rings. The number of ether oxygens (including phenoxy) is 1. The van der Waals surface area contributed by atoms with E-state index in [0.717, 1.165) is 24.2 Å². The van der Waals surface area contributed by atoms with Gasteiger partial charge in [-0.1, -0.05) is 31.5 Å². The molecule has 0 unspecified atom stereocenters. The minimum absolute atomic E-state index is 0.136. The third kappa shape index (κ3) is 2.63. The van der Waals surface area contributed by atoms with E-state index in [1.165, 1.54) is 12.0 Å². The summed E-state index contributed by atoms with van der Waals surface area (Å²) in [6.45, 7) is 6.31. The standard InChI is InChI=1S/C15H22O2/c1-11-7-8-14(17-12-5-4-6-12)13(9-11)15(2,3)10-16/h7-9,12,16H,4-6,10H2,1-3H3. The Hall–Kier alpha value is -1.02. The van der Waals surface area contributed by atoms with Crippen molar-refractivity contribution in [2.45, 2.75) is 51.6 Å². The number of aryl methyl sites for hydroxylation is 1. The maximum Gasteiger partial charge on any atom is 0.123 e. The lowest BCUT2D eigenvalue weighted by molar-refractivity contribution is 0.115. The van der Waals surface area contributed by atoms with Crippen LogP contribution in [0.2, 0.25) is 0 Å². The Morgan fingerprint density at radius 2 is 2.06 bits per heavy atom. The lowest BCUT2D eigenvalue weighted by atomic mass is 9.84. The summed E-state index contributed by atoms with van der Waals surface area (Å²) in [5.74, 6) is 0.944. The molecule has 2 rings (SSSR count). The largest absolute Gasteiger partial charge is 0.490 e. The first-order chi connectivity index (χ1) is 8.03. The second-order valence-electron chi connectivity index (χ2n) is 5.71. The molecule has 1 saturated carbocycles. The first-order valence-electron chi connectivity index (χ1n) is 6.41. The summed E-state index contributed by atoms with van der Waals surface area (Å²) in [6.07, 6.45) is 3.97. The molecule has 0 amide bonds. The minimum atomic E-state index is -0.245. The topological polar surface area (TPSA) is 29.5 Å². The fourth-order valence-electron chi connectivity index (χ4n) is 2.03. The van der Waals surface area contributed by atoms with E-state index in [4.69, 9.17) is 4.74 Å². The first-order valence-corrected chi connectivity index (χ1v) is 6.41. The van der Waals surface area contributed by atoms with Gasteiger partial charge in [0.2, 0.25) is 0 Å². The number of aliphatic hydroxyl groups excluding tert-OH is 1. The highest BCUT2D eigenvalue weighted by Gasteiger charge is 2.26. The van der Waals surface area contributed by atoms with Crippen molar-refractivity contribution >= 4 is 0 Å². The predicted octanol–water partition coefficient (Wildman–Crippen LogP) is 3.20. The van der Waals surface area contributed by atoms with E-state index in [0.29, 0.717) is 6.10 Å². The number of benzene rings is 1. The lowest BCUT2D eigenvalue weighted by Gasteiger charge is -2.31.